The number of hydrogen-bond acceptors (Lipinski definition) is 5. The Bertz CT molecular complexity index is 748. The van der Waals surface area contributed by atoms with E-state index in [1.54, 1.807) is 11.8 Å². The van der Waals surface area contributed by atoms with Gasteiger partial charge >= 0.3 is 6.03 Å². The van der Waals surface area contributed by atoms with E-state index in [1.165, 1.54) is 22.9 Å². The number of amides is 2. The Balaban J connectivity index is 1.72. The van der Waals surface area contributed by atoms with E-state index >= 15 is 0 Å². The van der Waals surface area contributed by atoms with E-state index in [2.05, 4.69) is 20.8 Å². The lowest BCUT2D eigenvalue weighted by atomic mass is 10.1. The average Bonchev–Trinajstić information content (AvgIpc) is 3.03. The smallest absolute Gasteiger partial charge is 0.321 e. The molecule has 0 unspecified atom stereocenters. The molecule has 0 spiro atoms. The minimum atomic E-state index is -0.470. The number of ether oxygens (including phenoxy) is 1. The summed E-state index contributed by atoms with van der Waals surface area (Å²) in [5.41, 5.74) is 0.668. The molecule has 1 atom stereocenters. The number of hydrogen-bond donors (Lipinski definition) is 1. The molecule has 134 valence electrons. The van der Waals surface area contributed by atoms with Crippen LogP contribution in [0.25, 0.3) is 5.69 Å². The molecule has 1 saturated heterocycles. The second-order valence-electron chi connectivity index (χ2n) is 5.90. The normalized spacial score (nSPS) is 17.6. The van der Waals surface area contributed by atoms with Crippen LogP contribution in [-0.4, -0.2) is 56.9 Å². The largest absolute Gasteiger partial charge is 0.377 e. The van der Waals surface area contributed by atoms with Gasteiger partial charge in [0.1, 0.15) is 11.5 Å². The summed E-state index contributed by atoms with van der Waals surface area (Å²) in [7, 11) is 0. The van der Waals surface area contributed by atoms with Crippen molar-refractivity contribution in [2.75, 3.05) is 25.0 Å². The van der Waals surface area contributed by atoms with Crippen molar-refractivity contribution in [2.24, 2.45) is 0 Å². The molecule has 25 heavy (non-hydrogen) atoms. The van der Waals surface area contributed by atoms with Crippen LogP contribution in [0.1, 0.15) is 25.6 Å². The van der Waals surface area contributed by atoms with Crippen LogP contribution in [0.4, 0.5) is 14.9 Å². The number of piperidine rings is 1. The third-order valence-electron chi connectivity index (χ3n) is 4.12. The molecule has 1 aliphatic rings. The predicted octanol–water partition coefficient (Wildman–Crippen LogP) is 2.14. The Labute approximate surface area is 145 Å². The third-order valence-corrected chi connectivity index (χ3v) is 4.12. The van der Waals surface area contributed by atoms with Gasteiger partial charge in [-0.05, 0) is 55.3 Å². The van der Waals surface area contributed by atoms with Crippen LogP contribution in [0.15, 0.2) is 18.2 Å². The Morgan fingerprint density at radius 2 is 2.32 bits per heavy atom. The molecule has 1 fully saturated rings. The van der Waals surface area contributed by atoms with Gasteiger partial charge in [0.2, 0.25) is 0 Å². The van der Waals surface area contributed by atoms with Gasteiger partial charge in [-0.15, -0.1) is 5.10 Å². The van der Waals surface area contributed by atoms with Gasteiger partial charge in [0, 0.05) is 25.4 Å². The number of benzene rings is 1. The highest BCUT2D eigenvalue weighted by molar-refractivity contribution is 5.89. The summed E-state index contributed by atoms with van der Waals surface area (Å²) in [6.07, 6.45) is 1.92. The summed E-state index contributed by atoms with van der Waals surface area (Å²) >= 11 is 0. The minimum absolute atomic E-state index is 0.0668. The van der Waals surface area contributed by atoms with Crippen molar-refractivity contribution in [1.29, 1.82) is 0 Å². The second kappa shape index (κ2) is 7.56. The molecule has 0 aliphatic carbocycles. The van der Waals surface area contributed by atoms with Crippen molar-refractivity contribution in [1.82, 2.24) is 25.1 Å². The van der Waals surface area contributed by atoms with Crippen molar-refractivity contribution in [3.63, 3.8) is 0 Å². The number of halogens is 1. The van der Waals surface area contributed by atoms with Crippen LogP contribution in [0, 0.1) is 12.7 Å². The number of aryl methyl sites for hydroxylation is 1. The van der Waals surface area contributed by atoms with Crippen LogP contribution < -0.4 is 5.32 Å². The van der Waals surface area contributed by atoms with E-state index in [0.717, 1.165) is 12.8 Å². The number of nitrogens with one attached hydrogen (secondary N) is 1. The number of carbonyl (C=O) groups excluding carboxylic acids is 1. The molecule has 0 bridgehead atoms. The first-order chi connectivity index (χ1) is 12.1. The first kappa shape index (κ1) is 17.3. The second-order valence-corrected chi connectivity index (χ2v) is 5.90. The molecule has 8 nitrogen and oxygen atoms in total. The molecule has 1 aliphatic heterocycles. The van der Waals surface area contributed by atoms with Crippen molar-refractivity contribution < 1.29 is 13.9 Å². The fourth-order valence-electron chi connectivity index (χ4n) is 2.90. The molecule has 9 heteroatoms. The summed E-state index contributed by atoms with van der Waals surface area (Å²) in [6.45, 7) is 5.48. The molecule has 2 amide bonds. The maximum Gasteiger partial charge on any atom is 0.321 e. The first-order valence-corrected chi connectivity index (χ1v) is 8.31. The number of anilines is 1. The molecular formula is C16H21FN6O2. The van der Waals surface area contributed by atoms with Crippen LogP contribution in [0.3, 0.4) is 0 Å². The zero-order chi connectivity index (χ0) is 17.8. The molecule has 1 aromatic carbocycles. The van der Waals surface area contributed by atoms with E-state index in [-0.39, 0.29) is 17.8 Å². The number of likely N-dealkylation sites (tertiary alicyclic amines) is 1. The fourth-order valence-corrected chi connectivity index (χ4v) is 2.90. The third kappa shape index (κ3) is 3.93. The summed E-state index contributed by atoms with van der Waals surface area (Å²) in [5, 5.41) is 13.8. The standard InChI is InChI=1S/C16H21FN6O2/c1-3-25-13-5-4-8-22(10-13)16(24)18-12-6-7-14(17)15(9-12)23-11(2)19-20-21-23/h6-7,9,13H,3-5,8,10H2,1-2H3,(H,18,24)/t13-/m0/s1. The van der Waals surface area contributed by atoms with E-state index in [4.69, 9.17) is 4.74 Å². The number of rotatable bonds is 4. The SMILES string of the molecule is CCO[C@H]1CCCN(C(=O)Nc2ccc(F)c(-n3nnnc3C)c2)C1. The van der Waals surface area contributed by atoms with Gasteiger partial charge in [-0.1, -0.05) is 0 Å². The molecular weight excluding hydrogens is 327 g/mol. The topological polar surface area (TPSA) is 85.2 Å². The van der Waals surface area contributed by atoms with Gasteiger partial charge in [0.05, 0.1) is 6.10 Å². The highest BCUT2D eigenvalue weighted by Gasteiger charge is 2.24. The van der Waals surface area contributed by atoms with E-state index < -0.39 is 5.82 Å². The van der Waals surface area contributed by atoms with E-state index in [0.29, 0.717) is 31.2 Å². The summed E-state index contributed by atoms with van der Waals surface area (Å²) in [6, 6.07) is 4.09. The Hall–Kier alpha value is -2.55. The molecule has 0 radical (unpaired) electrons. The lowest BCUT2D eigenvalue weighted by Gasteiger charge is -2.32. The molecule has 2 aromatic rings. The van der Waals surface area contributed by atoms with Crippen molar-refractivity contribution in [3.8, 4) is 5.69 Å². The van der Waals surface area contributed by atoms with Crippen molar-refractivity contribution >= 4 is 11.7 Å². The van der Waals surface area contributed by atoms with E-state index in [1.807, 2.05) is 6.92 Å². The van der Waals surface area contributed by atoms with Gasteiger partial charge in [0.25, 0.3) is 0 Å². The first-order valence-electron chi connectivity index (χ1n) is 8.31. The number of urea groups is 1. The molecule has 1 aromatic heterocycles. The monoisotopic (exact) mass is 348 g/mol. The summed E-state index contributed by atoms with van der Waals surface area (Å²) in [4.78, 5) is 14.2. The molecule has 3 rings (SSSR count). The van der Waals surface area contributed by atoms with Gasteiger partial charge in [-0.2, -0.15) is 4.68 Å². The van der Waals surface area contributed by atoms with Crippen LogP contribution in [0.5, 0.6) is 0 Å². The number of tetrazole rings is 1. The Morgan fingerprint density at radius 1 is 1.48 bits per heavy atom. The van der Waals surface area contributed by atoms with Gasteiger partial charge in [0.15, 0.2) is 5.82 Å². The number of aromatic nitrogens is 4. The fraction of sp³-hybridized carbons (Fsp3) is 0.500. The lowest BCUT2D eigenvalue weighted by Crippen LogP contribution is -2.45. The number of carbonyl (C=O) groups is 1. The Morgan fingerprint density at radius 3 is 3.04 bits per heavy atom. The zero-order valence-corrected chi connectivity index (χ0v) is 14.3. The van der Waals surface area contributed by atoms with Crippen LogP contribution >= 0.6 is 0 Å². The van der Waals surface area contributed by atoms with Crippen LogP contribution in [0.2, 0.25) is 0 Å². The molecule has 1 N–H and O–H groups in total. The maximum atomic E-state index is 14.1. The molecule has 2 heterocycles. The van der Waals surface area contributed by atoms with Gasteiger partial charge in [-0.25, -0.2) is 9.18 Å². The maximum absolute atomic E-state index is 14.1. The summed E-state index contributed by atoms with van der Waals surface area (Å²) < 4.78 is 21.0. The minimum Gasteiger partial charge on any atom is -0.377 e. The van der Waals surface area contributed by atoms with Crippen molar-refractivity contribution in [2.45, 2.75) is 32.8 Å². The number of nitrogens with zero attached hydrogens (tertiary/aromatic N) is 5. The molecule has 0 saturated carbocycles. The quantitative estimate of drug-likeness (QED) is 0.915. The Kier molecular flexibility index (Phi) is 5.22. The lowest BCUT2D eigenvalue weighted by molar-refractivity contribution is 0.0181. The highest BCUT2D eigenvalue weighted by Crippen LogP contribution is 2.20. The van der Waals surface area contributed by atoms with Crippen LogP contribution in [-0.2, 0) is 4.74 Å². The predicted molar refractivity (Wildman–Crippen MR) is 89.1 cm³/mol. The van der Waals surface area contributed by atoms with Gasteiger partial charge < -0.3 is 15.0 Å². The average molecular weight is 348 g/mol. The van der Waals surface area contributed by atoms with Crippen molar-refractivity contribution in [3.05, 3.63) is 29.8 Å². The highest BCUT2D eigenvalue weighted by atomic mass is 19.1. The van der Waals surface area contributed by atoms with E-state index in [9.17, 15) is 9.18 Å². The van der Waals surface area contributed by atoms with Gasteiger partial charge in [-0.3, -0.25) is 0 Å². The zero-order valence-electron chi connectivity index (χ0n) is 14.3. The summed E-state index contributed by atoms with van der Waals surface area (Å²) in [5.74, 6) is -0.0132.